The molecule has 0 unspecified atom stereocenters. The average molecular weight is 287 g/mol. The molecule has 0 atom stereocenters. The van der Waals surface area contributed by atoms with E-state index in [1.54, 1.807) is 20.0 Å². The first-order valence-electron chi connectivity index (χ1n) is 6.35. The number of benzene rings is 1. The van der Waals surface area contributed by atoms with Gasteiger partial charge in [-0.3, -0.25) is 4.57 Å². The molecule has 0 aliphatic rings. The maximum absolute atomic E-state index is 13.7. The summed E-state index contributed by atoms with van der Waals surface area (Å²) in [5, 5.41) is 0. The molecule has 3 aromatic rings. The zero-order valence-electron chi connectivity index (χ0n) is 11.3. The van der Waals surface area contributed by atoms with Crippen molar-refractivity contribution >= 4 is 23.4 Å². The van der Waals surface area contributed by atoms with Crippen LogP contribution in [0.25, 0.3) is 11.2 Å². The standard InChI is InChI=1S/C15H14FN3S/c1-9-6-11(7-10(2)13(9)16)8-19-14-12(18-15(19)20)4-3-5-17-14/h3-7H,8H2,1-2H3,(H,18,20). The molecule has 3 rings (SSSR count). The second-order valence-electron chi connectivity index (χ2n) is 4.93. The van der Waals surface area contributed by atoms with Gasteiger partial charge in [0.2, 0.25) is 0 Å². The van der Waals surface area contributed by atoms with E-state index in [-0.39, 0.29) is 5.82 Å². The van der Waals surface area contributed by atoms with E-state index < -0.39 is 0 Å². The van der Waals surface area contributed by atoms with E-state index in [1.165, 1.54) is 0 Å². The summed E-state index contributed by atoms with van der Waals surface area (Å²) in [5.41, 5.74) is 4.05. The Bertz CT molecular complexity index is 825. The molecule has 5 heteroatoms. The fourth-order valence-corrected chi connectivity index (χ4v) is 2.71. The SMILES string of the molecule is Cc1cc(Cn2c(=S)[nH]c3cccnc32)cc(C)c1F. The van der Waals surface area contributed by atoms with Crippen molar-refractivity contribution in [3.8, 4) is 0 Å². The maximum atomic E-state index is 13.7. The lowest BCUT2D eigenvalue weighted by Crippen LogP contribution is -2.02. The number of hydrogen-bond acceptors (Lipinski definition) is 2. The van der Waals surface area contributed by atoms with Gasteiger partial charge in [0.25, 0.3) is 0 Å². The molecule has 0 saturated heterocycles. The molecule has 102 valence electrons. The van der Waals surface area contributed by atoms with Gasteiger partial charge < -0.3 is 4.98 Å². The number of fused-ring (bicyclic) bond motifs is 1. The van der Waals surface area contributed by atoms with Crippen LogP contribution in [0.5, 0.6) is 0 Å². The predicted molar refractivity (Wildman–Crippen MR) is 79.9 cm³/mol. The van der Waals surface area contributed by atoms with E-state index in [1.807, 2.05) is 28.8 Å². The van der Waals surface area contributed by atoms with Gasteiger partial charge in [-0.25, -0.2) is 9.37 Å². The predicted octanol–water partition coefficient (Wildman–Crippen LogP) is 3.90. The monoisotopic (exact) mass is 287 g/mol. The zero-order chi connectivity index (χ0) is 14.3. The molecule has 0 aliphatic carbocycles. The van der Waals surface area contributed by atoms with E-state index in [4.69, 9.17) is 12.2 Å². The first-order chi connectivity index (χ1) is 9.56. The molecule has 0 spiro atoms. The number of rotatable bonds is 2. The van der Waals surface area contributed by atoms with Gasteiger partial charge in [0.1, 0.15) is 5.82 Å². The molecule has 1 N–H and O–H groups in total. The quantitative estimate of drug-likeness (QED) is 0.725. The summed E-state index contributed by atoms with van der Waals surface area (Å²) in [4.78, 5) is 7.48. The van der Waals surface area contributed by atoms with Crippen molar-refractivity contribution in [2.45, 2.75) is 20.4 Å². The van der Waals surface area contributed by atoms with Crippen molar-refractivity contribution in [2.75, 3.05) is 0 Å². The van der Waals surface area contributed by atoms with Crippen molar-refractivity contribution in [3.63, 3.8) is 0 Å². The number of imidazole rings is 1. The highest BCUT2D eigenvalue weighted by atomic mass is 32.1. The highest BCUT2D eigenvalue weighted by Crippen LogP contribution is 2.18. The topological polar surface area (TPSA) is 33.6 Å². The van der Waals surface area contributed by atoms with Crippen molar-refractivity contribution in [1.82, 2.24) is 14.5 Å². The molecular formula is C15H14FN3S. The number of hydrogen-bond donors (Lipinski definition) is 1. The van der Waals surface area contributed by atoms with Gasteiger partial charge >= 0.3 is 0 Å². The Morgan fingerprint density at radius 2 is 2.00 bits per heavy atom. The third kappa shape index (κ3) is 2.14. The number of H-pyrrole nitrogens is 1. The van der Waals surface area contributed by atoms with Crippen molar-refractivity contribution in [2.24, 2.45) is 0 Å². The van der Waals surface area contributed by atoms with Gasteiger partial charge in [-0.2, -0.15) is 0 Å². The van der Waals surface area contributed by atoms with Gasteiger partial charge in [0, 0.05) is 6.20 Å². The van der Waals surface area contributed by atoms with Crippen LogP contribution in [0.15, 0.2) is 30.5 Å². The highest BCUT2D eigenvalue weighted by molar-refractivity contribution is 7.71. The number of aryl methyl sites for hydroxylation is 2. The van der Waals surface area contributed by atoms with Gasteiger partial charge in [-0.1, -0.05) is 12.1 Å². The van der Waals surface area contributed by atoms with Crippen molar-refractivity contribution in [3.05, 3.63) is 57.7 Å². The van der Waals surface area contributed by atoms with Crippen LogP contribution in [-0.4, -0.2) is 14.5 Å². The minimum absolute atomic E-state index is 0.144. The molecule has 2 aromatic heterocycles. The lowest BCUT2D eigenvalue weighted by molar-refractivity contribution is 0.607. The number of nitrogens with zero attached hydrogens (tertiary/aromatic N) is 2. The van der Waals surface area contributed by atoms with E-state index in [2.05, 4.69) is 9.97 Å². The van der Waals surface area contributed by atoms with Crippen LogP contribution in [0.2, 0.25) is 0 Å². The Morgan fingerprint density at radius 3 is 2.70 bits per heavy atom. The second kappa shape index (κ2) is 4.83. The van der Waals surface area contributed by atoms with Gasteiger partial charge in [-0.15, -0.1) is 0 Å². The summed E-state index contributed by atoms with van der Waals surface area (Å²) in [6, 6.07) is 7.51. The van der Waals surface area contributed by atoms with E-state index in [0.717, 1.165) is 16.7 Å². The summed E-state index contributed by atoms with van der Waals surface area (Å²) in [5.74, 6) is -0.144. The fourth-order valence-electron chi connectivity index (χ4n) is 2.44. The summed E-state index contributed by atoms with van der Waals surface area (Å²) in [6.45, 7) is 4.13. The number of nitrogens with one attached hydrogen (secondary N) is 1. The summed E-state index contributed by atoms with van der Waals surface area (Å²) >= 11 is 5.34. The van der Waals surface area contributed by atoms with Gasteiger partial charge in [0.05, 0.1) is 12.1 Å². The largest absolute Gasteiger partial charge is 0.329 e. The molecule has 0 saturated carbocycles. The molecule has 0 bridgehead atoms. The van der Waals surface area contributed by atoms with Crippen LogP contribution in [0, 0.1) is 24.4 Å². The summed E-state index contributed by atoms with van der Waals surface area (Å²) in [7, 11) is 0. The summed E-state index contributed by atoms with van der Waals surface area (Å²) in [6.07, 6.45) is 1.74. The van der Waals surface area contributed by atoms with Crippen molar-refractivity contribution < 1.29 is 4.39 Å². The lowest BCUT2D eigenvalue weighted by Gasteiger charge is -2.08. The Kier molecular flexibility index (Phi) is 3.14. The van der Waals surface area contributed by atoms with Crippen LogP contribution in [0.1, 0.15) is 16.7 Å². The average Bonchev–Trinajstić information content (AvgIpc) is 2.73. The van der Waals surface area contributed by atoms with Crippen LogP contribution >= 0.6 is 12.2 Å². The van der Waals surface area contributed by atoms with Crippen LogP contribution in [-0.2, 0) is 6.54 Å². The Balaban J connectivity index is 2.10. The Labute approximate surface area is 121 Å². The first-order valence-corrected chi connectivity index (χ1v) is 6.76. The minimum atomic E-state index is -0.144. The van der Waals surface area contributed by atoms with Crippen molar-refractivity contribution in [1.29, 1.82) is 0 Å². The molecule has 20 heavy (non-hydrogen) atoms. The number of aromatic amines is 1. The lowest BCUT2D eigenvalue weighted by atomic mass is 10.1. The molecule has 0 aliphatic heterocycles. The van der Waals surface area contributed by atoms with Gasteiger partial charge in [-0.05, 0) is 54.9 Å². The summed E-state index contributed by atoms with van der Waals surface area (Å²) < 4.78 is 16.2. The third-order valence-corrected chi connectivity index (χ3v) is 3.69. The Hall–Kier alpha value is -2.01. The first kappa shape index (κ1) is 13.0. The Morgan fingerprint density at radius 1 is 1.30 bits per heavy atom. The molecule has 2 heterocycles. The van der Waals surface area contributed by atoms with Crippen LogP contribution < -0.4 is 0 Å². The van der Waals surface area contributed by atoms with Crippen LogP contribution in [0.3, 0.4) is 0 Å². The molecule has 0 radical (unpaired) electrons. The number of aromatic nitrogens is 3. The minimum Gasteiger partial charge on any atom is -0.329 e. The second-order valence-corrected chi connectivity index (χ2v) is 5.32. The molecule has 0 amide bonds. The maximum Gasteiger partial charge on any atom is 0.179 e. The number of halogens is 1. The third-order valence-electron chi connectivity index (χ3n) is 3.37. The fraction of sp³-hybridized carbons (Fsp3) is 0.200. The molecule has 1 aromatic carbocycles. The molecule has 0 fully saturated rings. The van der Waals surface area contributed by atoms with E-state index in [9.17, 15) is 4.39 Å². The van der Waals surface area contributed by atoms with Crippen LogP contribution in [0.4, 0.5) is 4.39 Å². The molecular weight excluding hydrogens is 273 g/mol. The molecule has 3 nitrogen and oxygen atoms in total. The van der Waals surface area contributed by atoms with Gasteiger partial charge in [0.15, 0.2) is 10.4 Å². The normalized spacial score (nSPS) is 11.2. The van der Waals surface area contributed by atoms with E-state index in [0.29, 0.717) is 22.4 Å². The zero-order valence-corrected chi connectivity index (χ0v) is 12.1. The van der Waals surface area contributed by atoms with E-state index >= 15 is 0 Å². The number of pyridine rings is 1. The smallest absolute Gasteiger partial charge is 0.179 e. The highest BCUT2D eigenvalue weighted by Gasteiger charge is 2.08.